The molecule has 0 aromatic heterocycles. The van der Waals surface area contributed by atoms with Crippen molar-refractivity contribution in [1.82, 2.24) is 4.90 Å². The van der Waals surface area contributed by atoms with Gasteiger partial charge in [-0.3, -0.25) is 9.59 Å². The van der Waals surface area contributed by atoms with E-state index >= 15 is 0 Å². The third kappa shape index (κ3) is 6.02. The van der Waals surface area contributed by atoms with Crippen LogP contribution in [0.2, 0.25) is 5.02 Å². The molecule has 2 aromatic rings. The Hall–Kier alpha value is -2.57. The Morgan fingerprint density at radius 2 is 1.97 bits per heavy atom. The third-order valence-corrected chi connectivity index (χ3v) is 6.23. The first kappa shape index (κ1) is 22.6. The quantitative estimate of drug-likeness (QED) is 0.673. The summed E-state index contributed by atoms with van der Waals surface area (Å²) in [5.41, 5.74) is 1.53. The Morgan fingerprint density at radius 3 is 2.75 bits per heavy atom. The summed E-state index contributed by atoms with van der Waals surface area (Å²) in [4.78, 5) is 27.6. The van der Waals surface area contributed by atoms with Crippen LogP contribution in [0.5, 0.6) is 5.75 Å². The molecule has 0 saturated carbocycles. The van der Waals surface area contributed by atoms with Gasteiger partial charge in [-0.1, -0.05) is 41.9 Å². The Balaban J connectivity index is 1.36. The van der Waals surface area contributed by atoms with Gasteiger partial charge in [0.2, 0.25) is 11.8 Å². The maximum atomic E-state index is 13.0. The fourth-order valence-electron chi connectivity index (χ4n) is 4.22. The van der Waals surface area contributed by atoms with Crippen LogP contribution in [0.15, 0.2) is 48.5 Å². The molecule has 2 amide bonds. The van der Waals surface area contributed by atoms with E-state index in [0.29, 0.717) is 42.6 Å². The normalized spacial score (nSPS) is 20.7. The molecule has 2 aliphatic rings. The lowest BCUT2D eigenvalue weighted by Gasteiger charge is -2.32. The van der Waals surface area contributed by atoms with E-state index < -0.39 is 0 Å². The molecule has 0 bridgehead atoms. The van der Waals surface area contributed by atoms with Crippen LogP contribution in [-0.4, -0.2) is 49.1 Å². The van der Waals surface area contributed by atoms with Gasteiger partial charge in [-0.15, -0.1) is 0 Å². The zero-order valence-electron chi connectivity index (χ0n) is 18.1. The second-order valence-corrected chi connectivity index (χ2v) is 8.85. The first-order chi connectivity index (χ1) is 15.6. The zero-order valence-corrected chi connectivity index (χ0v) is 18.9. The molecule has 32 heavy (non-hydrogen) atoms. The van der Waals surface area contributed by atoms with Crippen LogP contribution in [0, 0.1) is 5.92 Å². The minimum Gasteiger partial charge on any atom is -0.489 e. The first-order valence-electron chi connectivity index (χ1n) is 11.2. The first-order valence-corrected chi connectivity index (χ1v) is 11.6. The van der Waals surface area contributed by atoms with E-state index in [0.717, 1.165) is 37.9 Å². The molecule has 2 aliphatic heterocycles. The molecule has 0 spiro atoms. The summed E-state index contributed by atoms with van der Waals surface area (Å²) in [7, 11) is 0. The van der Waals surface area contributed by atoms with Gasteiger partial charge in [-0.2, -0.15) is 0 Å². The van der Waals surface area contributed by atoms with Crippen molar-refractivity contribution in [3.63, 3.8) is 0 Å². The van der Waals surface area contributed by atoms with Crippen molar-refractivity contribution in [3.8, 4) is 5.75 Å². The Morgan fingerprint density at radius 1 is 1.12 bits per heavy atom. The summed E-state index contributed by atoms with van der Waals surface area (Å²) in [5, 5.41) is 3.50. The van der Waals surface area contributed by atoms with E-state index in [1.165, 1.54) is 0 Å². The summed E-state index contributed by atoms with van der Waals surface area (Å²) >= 11 is 6.17. The maximum Gasteiger partial charge on any atom is 0.229 e. The molecule has 0 aliphatic carbocycles. The van der Waals surface area contributed by atoms with Crippen molar-refractivity contribution >= 4 is 29.1 Å². The van der Waals surface area contributed by atoms with Crippen molar-refractivity contribution in [2.45, 2.75) is 38.2 Å². The minimum atomic E-state index is -0.270. The van der Waals surface area contributed by atoms with Crippen LogP contribution in [0.3, 0.4) is 0 Å². The van der Waals surface area contributed by atoms with Gasteiger partial charge in [-0.25, -0.2) is 0 Å². The molecule has 170 valence electrons. The van der Waals surface area contributed by atoms with E-state index in [-0.39, 0.29) is 23.8 Å². The van der Waals surface area contributed by atoms with Crippen molar-refractivity contribution in [2.24, 2.45) is 5.92 Å². The number of halogens is 1. The van der Waals surface area contributed by atoms with Crippen LogP contribution in [-0.2, 0) is 20.7 Å². The van der Waals surface area contributed by atoms with Gasteiger partial charge in [-0.05, 0) is 49.4 Å². The monoisotopic (exact) mass is 456 g/mol. The molecular weight excluding hydrogens is 428 g/mol. The number of carbonyl (C=O) groups excluding carboxylic acids is 2. The molecule has 0 radical (unpaired) electrons. The van der Waals surface area contributed by atoms with Crippen LogP contribution in [0.4, 0.5) is 5.69 Å². The number of carbonyl (C=O) groups is 2. The van der Waals surface area contributed by atoms with E-state index in [4.69, 9.17) is 21.1 Å². The fraction of sp³-hybridized carbons (Fsp3) is 0.440. The SMILES string of the molecule is O=C(Nc1cc(Cl)ccc1OCC1CCCO1)C1CCCN(C(=O)Cc2ccccc2)C1. The number of hydrogen-bond acceptors (Lipinski definition) is 4. The summed E-state index contributed by atoms with van der Waals surface area (Å²) in [6.07, 6.45) is 4.00. The molecule has 6 nitrogen and oxygen atoms in total. The molecule has 2 aromatic carbocycles. The Labute approximate surface area is 193 Å². The molecule has 2 heterocycles. The van der Waals surface area contributed by atoms with Crippen molar-refractivity contribution in [1.29, 1.82) is 0 Å². The van der Waals surface area contributed by atoms with Crippen LogP contribution in [0.25, 0.3) is 0 Å². The number of nitrogens with one attached hydrogen (secondary N) is 1. The third-order valence-electron chi connectivity index (χ3n) is 5.99. The maximum absolute atomic E-state index is 13.0. The molecule has 2 fully saturated rings. The summed E-state index contributed by atoms with van der Waals surface area (Å²) in [5.74, 6) is 0.239. The fourth-order valence-corrected chi connectivity index (χ4v) is 4.39. The molecule has 2 unspecified atom stereocenters. The average Bonchev–Trinajstić information content (AvgIpc) is 3.33. The van der Waals surface area contributed by atoms with Crippen LogP contribution in [0.1, 0.15) is 31.2 Å². The van der Waals surface area contributed by atoms with Gasteiger partial charge >= 0.3 is 0 Å². The zero-order chi connectivity index (χ0) is 22.3. The number of likely N-dealkylation sites (tertiary alicyclic amines) is 1. The minimum absolute atomic E-state index is 0.0528. The number of amides is 2. The average molecular weight is 457 g/mol. The number of rotatable bonds is 7. The van der Waals surface area contributed by atoms with E-state index in [9.17, 15) is 9.59 Å². The van der Waals surface area contributed by atoms with Gasteiger partial charge in [0.05, 0.1) is 24.1 Å². The molecule has 2 atom stereocenters. The lowest BCUT2D eigenvalue weighted by atomic mass is 9.96. The lowest BCUT2D eigenvalue weighted by molar-refractivity contribution is -0.133. The topological polar surface area (TPSA) is 67.9 Å². The van der Waals surface area contributed by atoms with Crippen molar-refractivity contribution < 1.29 is 19.1 Å². The Kier molecular flexibility index (Phi) is 7.66. The number of piperidine rings is 1. The summed E-state index contributed by atoms with van der Waals surface area (Å²) < 4.78 is 11.5. The highest BCUT2D eigenvalue weighted by molar-refractivity contribution is 6.31. The van der Waals surface area contributed by atoms with Crippen LogP contribution >= 0.6 is 11.6 Å². The molecule has 7 heteroatoms. The van der Waals surface area contributed by atoms with Gasteiger partial charge in [0.15, 0.2) is 0 Å². The number of ether oxygens (including phenoxy) is 2. The van der Waals surface area contributed by atoms with E-state index in [1.807, 2.05) is 30.3 Å². The summed E-state index contributed by atoms with van der Waals surface area (Å²) in [6.45, 7) is 2.31. The second kappa shape index (κ2) is 10.8. The largest absolute Gasteiger partial charge is 0.489 e. The molecular formula is C25H29ClN2O4. The number of nitrogens with zero attached hydrogens (tertiary/aromatic N) is 1. The smallest absolute Gasteiger partial charge is 0.229 e. The highest BCUT2D eigenvalue weighted by Gasteiger charge is 2.29. The predicted octanol–water partition coefficient (Wildman–Crippen LogP) is 4.32. The van der Waals surface area contributed by atoms with Gasteiger partial charge in [0.1, 0.15) is 12.4 Å². The standard InChI is InChI=1S/C25H29ClN2O4/c26-20-10-11-23(32-17-21-9-5-13-31-21)22(15-20)27-25(30)19-8-4-12-28(16-19)24(29)14-18-6-2-1-3-7-18/h1-3,6-7,10-11,15,19,21H,4-5,8-9,12-14,16-17H2,(H,27,30). The van der Waals surface area contributed by atoms with Gasteiger partial charge < -0.3 is 19.7 Å². The van der Waals surface area contributed by atoms with Gasteiger partial charge in [0, 0.05) is 24.7 Å². The van der Waals surface area contributed by atoms with Crippen LogP contribution < -0.4 is 10.1 Å². The van der Waals surface area contributed by atoms with E-state index in [1.54, 1.807) is 23.1 Å². The Bertz CT molecular complexity index is 931. The second-order valence-electron chi connectivity index (χ2n) is 8.42. The lowest BCUT2D eigenvalue weighted by Crippen LogP contribution is -2.44. The highest BCUT2D eigenvalue weighted by Crippen LogP contribution is 2.30. The van der Waals surface area contributed by atoms with Gasteiger partial charge in [0.25, 0.3) is 0 Å². The predicted molar refractivity (Wildman–Crippen MR) is 124 cm³/mol. The van der Waals surface area contributed by atoms with Crippen molar-refractivity contribution in [2.75, 3.05) is 31.6 Å². The molecule has 2 saturated heterocycles. The summed E-state index contributed by atoms with van der Waals surface area (Å²) in [6, 6.07) is 14.9. The number of anilines is 1. The van der Waals surface area contributed by atoms with E-state index in [2.05, 4.69) is 5.32 Å². The molecule has 1 N–H and O–H groups in total. The molecule has 4 rings (SSSR count). The highest BCUT2D eigenvalue weighted by atomic mass is 35.5. The number of benzene rings is 2. The number of hydrogen-bond donors (Lipinski definition) is 1. The van der Waals surface area contributed by atoms with Crippen molar-refractivity contribution in [3.05, 3.63) is 59.1 Å².